The number of amides is 3. The number of hydrogen-bond acceptors (Lipinski definition) is 3. The van der Waals surface area contributed by atoms with Gasteiger partial charge in [-0.3, -0.25) is 4.79 Å². The molecule has 0 aliphatic heterocycles. The molecule has 2 N–H and O–H groups in total. The number of nitrogens with one attached hydrogen (secondary N) is 2. The Kier molecular flexibility index (Phi) is 8.39. The Bertz CT molecular complexity index is 1470. The molecule has 4 rings (SSSR count). The van der Waals surface area contributed by atoms with Gasteiger partial charge < -0.3 is 15.5 Å². The molecule has 0 bridgehead atoms. The molecule has 0 saturated carbocycles. The zero-order valence-electron chi connectivity index (χ0n) is 22.3. The molecule has 0 fully saturated rings. The fraction of sp³-hybridized carbons (Fsp3) is 0.233. The minimum atomic E-state index is -0.901. The van der Waals surface area contributed by atoms with E-state index in [1.807, 2.05) is 82.3 Å². The molecule has 202 valence electrons. The van der Waals surface area contributed by atoms with Crippen LogP contribution >= 0.6 is 0 Å². The Morgan fingerprint density at radius 3 is 2.28 bits per heavy atom. The number of aromatic nitrogens is 2. The second kappa shape index (κ2) is 11.9. The van der Waals surface area contributed by atoms with Gasteiger partial charge in [0.25, 0.3) is 0 Å². The number of benzene rings is 3. The lowest BCUT2D eigenvalue weighted by Crippen LogP contribution is -2.42. The van der Waals surface area contributed by atoms with Crippen LogP contribution in [0.2, 0.25) is 0 Å². The molecule has 0 saturated heterocycles. The van der Waals surface area contributed by atoms with Gasteiger partial charge in [0.05, 0.1) is 17.1 Å². The lowest BCUT2D eigenvalue weighted by atomic mass is 10.1. The van der Waals surface area contributed by atoms with E-state index < -0.39 is 23.6 Å². The minimum absolute atomic E-state index is 0.0295. The molecule has 1 heterocycles. The summed E-state index contributed by atoms with van der Waals surface area (Å²) in [7, 11) is 0. The van der Waals surface area contributed by atoms with E-state index in [1.165, 1.54) is 4.90 Å². The van der Waals surface area contributed by atoms with Crippen molar-refractivity contribution < 1.29 is 18.4 Å². The van der Waals surface area contributed by atoms with E-state index in [-0.39, 0.29) is 24.7 Å². The first-order chi connectivity index (χ1) is 18.6. The molecule has 3 amide bonds. The second-order valence-corrected chi connectivity index (χ2v) is 9.80. The van der Waals surface area contributed by atoms with Crippen molar-refractivity contribution in [3.63, 3.8) is 0 Å². The lowest BCUT2D eigenvalue weighted by molar-refractivity contribution is -0.116. The molecule has 4 aromatic rings. The number of hydrogen-bond donors (Lipinski definition) is 2. The van der Waals surface area contributed by atoms with Gasteiger partial charge in [-0.15, -0.1) is 0 Å². The number of nitrogens with zero attached hydrogens (tertiary/aromatic N) is 3. The Morgan fingerprint density at radius 2 is 1.64 bits per heavy atom. The molecule has 3 aromatic carbocycles. The van der Waals surface area contributed by atoms with Crippen molar-refractivity contribution in [2.24, 2.45) is 5.92 Å². The summed E-state index contributed by atoms with van der Waals surface area (Å²) in [5.74, 6) is -1.60. The second-order valence-electron chi connectivity index (χ2n) is 9.80. The van der Waals surface area contributed by atoms with E-state index in [2.05, 4.69) is 10.6 Å². The smallest absolute Gasteiger partial charge is 0.315 e. The summed E-state index contributed by atoms with van der Waals surface area (Å²) in [6, 6.07) is 19.6. The van der Waals surface area contributed by atoms with Gasteiger partial charge in [0.1, 0.15) is 24.0 Å². The maximum atomic E-state index is 14.2. The molecular formula is C30H31F2N5O2. The number of anilines is 2. The highest BCUT2D eigenvalue weighted by atomic mass is 19.1. The molecule has 0 spiro atoms. The van der Waals surface area contributed by atoms with Crippen LogP contribution in [-0.4, -0.2) is 39.7 Å². The predicted molar refractivity (Wildman–Crippen MR) is 149 cm³/mol. The highest BCUT2D eigenvalue weighted by molar-refractivity contribution is 5.99. The number of carbonyl (C=O) groups excluding carboxylic acids is 2. The van der Waals surface area contributed by atoms with Crippen molar-refractivity contribution in [2.75, 3.05) is 23.7 Å². The Hall–Kier alpha value is -4.53. The Morgan fingerprint density at radius 1 is 0.949 bits per heavy atom. The summed E-state index contributed by atoms with van der Waals surface area (Å²) in [5.41, 5.74) is 4.05. The van der Waals surface area contributed by atoms with Crippen molar-refractivity contribution in [2.45, 2.75) is 27.7 Å². The minimum Gasteiger partial charge on any atom is -0.315 e. The molecule has 39 heavy (non-hydrogen) atoms. The largest absolute Gasteiger partial charge is 0.322 e. The molecule has 9 heteroatoms. The van der Waals surface area contributed by atoms with Gasteiger partial charge >= 0.3 is 6.03 Å². The van der Waals surface area contributed by atoms with Crippen LogP contribution in [0.15, 0.2) is 72.8 Å². The van der Waals surface area contributed by atoms with E-state index in [0.29, 0.717) is 11.9 Å². The summed E-state index contributed by atoms with van der Waals surface area (Å²) >= 11 is 0. The molecular weight excluding hydrogens is 500 g/mol. The van der Waals surface area contributed by atoms with Crippen LogP contribution in [0.1, 0.15) is 25.1 Å². The fourth-order valence-corrected chi connectivity index (χ4v) is 4.26. The quantitative estimate of drug-likeness (QED) is 0.270. The molecule has 0 radical (unpaired) electrons. The van der Waals surface area contributed by atoms with Gasteiger partial charge in [-0.25, -0.2) is 18.3 Å². The van der Waals surface area contributed by atoms with Gasteiger partial charge in [-0.05, 0) is 49.6 Å². The topological polar surface area (TPSA) is 79.3 Å². The van der Waals surface area contributed by atoms with E-state index in [0.717, 1.165) is 40.2 Å². The summed E-state index contributed by atoms with van der Waals surface area (Å²) in [6.45, 7) is 7.61. The van der Waals surface area contributed by atoms with Gasteiger partial charge in [0, 0.05) is 18.2 Å². The van der Waals surface area contributed by atoms with E-state index in [1.54, 1.807) is 4.68 Å². The summed E-state index contributed by atoms with van der Waals surface area (Å²) < 4.78 is 29.1. The zero-order valence-corrected chi connectivity index (χ0v) is 22.3. The number of rotatable bonds is 8. The number of halogens is 2. The zero-order chi connectivity index (χ0) is 28.1. The van der Waals surface area contributed by atoms with Gasteiger partial charge in [-0.1, -0.05) is 61.9 Å². The first kappa shape index (κ1) is 27.5. The maximum absolute atomic E-state index is 14.2. The summed E-state index contributed by atoms with van der Waals surface area (Å²) in [4.78, 5) is 27.7. The monoisotopic (exact) mass is 531 g/mol. The normalized spacial score (nSPS) is 10.9. The molecule has 1 aromatic heterocycles. The third-order valence-corrected chi connectivity index (χ3v) is 6.04. The highest BCUT2D eigenvalue weighted by Gasteiger charge is 2.24. The van der Waals surface area contributed by atoms with Crippen LogP contribution < -0.4 is 10.6 Å². The maximum Gasteiger partial charge on any atom is 0.322 e. The number of carbonyl (C=O) groups is 2. The summed E-state index contributed by atoms with van der Waals surface area (Å²) in [5, 5.41) is 10.1. The first-order valence-electron chi connectivity index (χ1n) is 12.6. The Balaban J connectivity index is 1.63. The van der Waals surface area contributed by atoms with Crippen LogP contribution in [0.25, 0.3) is 16.8 Å². The standard InChI is InChI=1S/C30H31F2N5O2/c1-19(2)17-36(30(39)33-26-15-12-23(31)16-25(26)32)18-27(38)34-29-28(22-8-6-5-7-9-22)21(4)35-37(29)24-13-10-20(3)11-14-24/h5-16,19H,17-18H2,1-4H3,(H,33,39)(H,34,38). The fourth-order valence-electron chi connectivity index (χ4n) is 4.26. The van der Waals surface area contributed by atoms with Crippen LogP contribution in [0.5, 0.6) is 0 Å². The molecule has 0 atom stereocenters. The van der Waals surface area contributed by atoms with Gasteiger partial charge in [0.2, 0.25) is 5.91 Å². The molecule has 0 aliphatic carbocycles. The first-order valence-corrected chi connectivity index (χ1v) is 12.6. The highest BCUT2D eigenvalue weighted by Crippen LogP contribution is 2.33. The average Bonchev–Trinajstić information content (AvgIpc) is 3.21. The van der Waals surface area contributed by atoms with Crippen molar-refractivity contribution in [3.8, 4) is 16.8 Å². The van der Waals surface area contributed by atoms with Crippen molar-refractivity contribution in [3.05, 3.63) is 95.7 Å². The third-order valence-electron chi connectivity index (χ3n) is 6.04. The van der Waals surface area contributed by atoms with Crippen molar-refractivity contribution in [1.82, 2.24) is 14.7 Å². The lowest BCUT2D eigenvalue weighted by Gasteiger charge is -2.24. The van der Waals surface area contributed by atoms with Crippen LogP contribution in [0.3, 0.4) is 0 Å². The van der Waals surface area contributed by atoms with Crippen LogP contribution in [0, 0.1) is 31.4 Å². The van der Waals surface area contributed by atoms with Gasteiger partial charge in [0.15, 0.2) is 0 Å². The van der Waals surface area contributed by atoms with E-state index >= 15 is 0 Å². The van der Waals surface area contributed by atoms with Crippen molar-refractivity contribution >= 4 is 23.4 Å². The SMILES string of the molecule is Cc1ccc(-n2nc(C)c(-c3ccccc3)c2NC(=O)CN(CC(C)C)C(=O)Nc2ccc(F)cc2F)cc1. The molecule has 7 nitrogen and oxygen atoms in total. The van der Waals surface area contributed by atoms with Crippen molar-refractivity contribution in [1.29, 1.82) is 0 Å². The van der Waals surface area contributed by atoms with E-state index in [4.69, 9.17) is 5.10 Å². The van der Waals surface area contributed by atoms with E-state index in [9.17, 15) is 18.4 Å². The van der Waals surface area contributed by atoms with Crippen LogP contribution in [-0.2, 0) is 4.79 Å². The van der Waals surface area contributed by atoms with Gasteiger partial charge in [-0.2, -0.15) is 5.10 Å². The average molecular weight is 532 g/mol. The third kappa shape index (κ3) is 6.67. The Labute approximate surface area is 226 Å². The molecule has 0 unspecified atom stereocenters. The van der Waals surface area contributed by atoms with Crippen LogP contribution in [0.4, 0.5) is 25.1 Å². The number of aryl methyl sites for hydroxylation is 2. The summed E-state index contributed by atoms with van der Waals surface area (Å²) in [6.07, 6.45) is 0. The number of urea groups is 1. The molecule has 0 aliphatic rings. The predicted octanol–water partition coefficient (Wildman–Crippen LogP) is 6.56.